The van der Waals surface area contributed by atoms with Crippen molar-refractivity contribution in [3.8, 4) is 0 Å². The van der Waals surface area contributed by atoms with Crippen molar-refractivity contribution in [2.24, 2.45) is 0 Å². The third-order valence-electron chi connectivity index (χ3n) is 3.23. The minimum absolute atomic E-state index is 0.349. The maximum absolute atomic E-state index is 12.1. The molecule has 0 bridgehead atoms. The first-order valence-corrected chi connectivity index (χ1v) is 7.20. The van der Waals surface area contributed by atoms with E-state index in [1.54, 1.807) is 12.3 Å². The Bertz CT molecular complexity index is 674. The molecule has 2 N–H and O–H groups in total. The molecule has 2 amide bonds. The number of urea groups is 1. The first kappa shape index (κ1) is 16.5. The number of aromatic nitrogens is 1. The van der Waals surface area contributed by atoms with E-state index in [-0.39, 0.29) is 0 Å². The lowest BCUT2D eigenvalue weighted by atomic mass is 10.1. The molecule has 120 valence electrons. The summed E-state index contributed by atoms with van der Waals surface area (Å²) in [7, 11) is 1.29. The second-order valence-electron chi connectivity index (χ2n) is 5.08. The van der Waals surface area contributed by atoms with Crippen molar-refractivity contribution in [2.75, 3.05) is 12.4 Å². The van der Waals surface area contributed by atoms with Gasteiger partial charge < -0.3 is 10.1 Å². The molecule has 1 atom stereocenters. The average molecular weight is 313 g/mol. The Hall–Kier alpha value is -2.89. The Morgan fingerprint density at radius 2 is 1.96 bits per heavy atom. The van der Waals surface area contributed by atoms with E-state index in [4.69, 9.17) is 4.74 Å². The molecular weight excluding hydrogens is 294 g/mol. The Morgan fingerprint density at radius 3 is 2.61 bits per heavy atom. The molecule has 0 radical (unpaired) electrons. The van der Waals surface area contributed by atoms with Crippen molar-refractivity contribution in [3.63, 3.8) is 0 Å². The van der Waals surface area contributed by atoms with Crippen LogP contribution in [-0.4, -0.2) is 30.1 Å². The number of nitrogens with zero attached hydrogens (tertiary/aromatic N) is 1. The third-order valence-corrected chi connectivity index (χ3v) is 3.23. The Morgan fingerprint density at radius 1 is 1.22 bits per heavy atom. The lowest BCUT2D eigenvalue weighted by Gasteiger charge is -2.17. The Balaban J connectivity index is 2.02. The maximum atomic E-state index is 12.1. The molecule has 0 saturated carbocycles. The van der Waals surface area contributed by atoms with E-state index in [1.165, 1.54) is 7.11 Å². The SMILES string of the molecule is COC(=O)[C@H](Cc1ccccc1)NC(=O)Nc1cc(C)ccn1. The zero-order valence-electron chi connectivity index (χ0n) is 13.1. The molecule has 0 unspecified atom stereocenters. The fraction of sp³-hybridized carbons (Fsp3) is 0.235. The van der Waals surface area contributed by atoms with E-state index < -0.39 is 18.0 Å². The third kappa shape index (κ3) is 5.10. The molecule has 1 aromatic heterocycles. The molecule has 0 aliphatic carbocycles. The van der Waals surface area contributed by atoms with Crippen LogP contribution >= 0.6 is 0 Å². The van der Waals surface area contributed by atoms with Crippen molar-refractivity contribution >= 4 is 17.8 Å². The van der Waals surface area contributed by atoms with Crippen LogP contribution in [0, 0.1) is 6.92 Å². The maximum Gasteiger partial charge on any atom is 0.328 e. The van der Waals surface area contributed by atoms with Gasteiger partial charge in [0, 0.05) is 12.6 Å². The lowest BCUT2D eigenvalue weighted by molar-refractivity contribution is -0.142. The van der Waals surface area contributed by atoms with E-state index in [0.717, 1.165) is 11.1 Å². The molecule has 2 rings (SSSR count). The molecule has 1 aromatic carbocycles. The topological polar surface area (TPSA) is 80.3 Å². The van der Waals surface area contributed by atoms with Crippen molar-refractivity contribution < 1.29 is 14.3 Å². The van der Waals surface area contributed by atoms with Crippen molar-refractivity contribution in [2.45, 2.75) is 19.4 Å². The zero-order valence-corrected chi connectivity index (χ0v) is 13.1. The van der Waals surface area contributed by atoms with Gasteiger partial charge in [-0.15, -0.1) is 0 Å². The van der Waals surface area contributed by atoms with Crippen LogP contribution in [0.1, 0.15) is 11.1 Å². The predicted octanol–water partition coefficient (Wildman–Crippen LogP) is 2.30. The largest absolute Gasteiger partial charge is 0.467 e. The van der Waals surface area contributed by atoms with Gasteiger partial charge in [0.25, 0.3) is 0 Å². The van der Waals surface area contributed by atoms with E-state index in [0.29, 0.717) is 12.2 Å². The summed E-state index contributed by atoms with van der Waals surface area (Å²) in [5.41, 5.74) is 1.90. The molecule has 1 heterocycles. The van der Waals surface area contributed by atoms with Crippen LogP contribution in [0.25, 0.3) is 0 Å². The Kier molecular flexibility index (Phi) is 5.68. The highest BCUT2D eigenvalue weighted by atomic mass is 16.5. The minimum Gasteiger partial charge on any atom is -0.467 e. The van der Waals surface area contributed by atoms with E-state index in [2.05, 4.69) is 15.6 Å². The highest BCUT2D eigenvalue weighted by molar-refractivity contribution is 5.91. The fourth-order valence-electron chi connectivity index (χ4n) is 2.10. The van der Waals surface area contributed by atoms with Gasteiger partial charge >= 0.3 is 12.0 Å². The number of carbonyl (C=O) groups is 2. The highest BCUT2D eigenvalue weighted by Gasteiger charge is 2.22. The average Bonchev–Trinajstić information content (AvgIpc) is 2.54. The number of rotatable bonds is 5. The minimum atomic E-state index is -0.771. The first-order valence-electron chi connectivity index (χ1n) is 7.20. The number of anilines is 1. The van der Waals surface area contributed by atoms with Gasteiger partial charge in [-0.05, 0) is 30.2 Å². The van der Waals surface area contributed by atoms with Gasteiger partial charge in [-0.3, -0.25) is 5.32 Å². The summed E-state index contributed by atoms with van der Waals surface area (Å²) >= 11 is 0. The van der Waals surface area contributed by atoms with Gasteiger partial charge in [-0.1, -0.05) is 30.3 Å². The molecule has 0 aliphatic rings. The normalized spacial score (nSPS) is 11.4. The number of methoxy groups -OCH3 is 1. The van der Waals surface area contributed by atoms with Crippen molar-refractivity contribution in [3.05, 3.63) is 59.8 Å². The zero-order chi connectivity index (χ0) is 16.7. The number of amides is 2. The molecule has 0 aliphatic heterocycles. The molecule has 0 fully saturated rings. The van der Waals surface area contributed by atoms with Crippen LogP contribution in [0.4, 0.5) is 10.6 Å². The van der Waals surface area contributed by atoms with Gasteiger partial charge in [0.2, 0.25) is 0 Å². The second-order valence-corrected chi connectivity index (χ2v) is 5.08. The number of hydrogen-bond acceptors (Lipinski definition) is 4. The first-order chi connectivity index (χ1) is 11.1. The van der Waals surface area contributed by atoms with Crippen LogP contribution in [0.15, 0.2) is 48.7 Å². The predicted molar refractivity (Wildman–Crippen MR) is 87.1 cm³/mol. The van der Waals surface area contributed by atoms with Gasteiger partial charge in [0.15, 0.2) is 0 Å². The van der Waals surface area contributed by atoms with Gasteiger partial charge in [0.1, 0.15) is 11.9 Å². The number of nitrogens with one attached hydrogen (secondary N) is 2. The van der Waals surface area contributed by atoms with Crippen molar-refractivity contribution in [1.82, 2.24) is 10.3 Å². The molecule has 0 spiro atoms. The van der Waals surface area contributed by atoms with E-state index >= 15 is 0 Å². The number of esters is 1. The van der Waals surface area contributed by atoms with Gasteiger partial charge in [0.05, 0.1) is 7.11 Å². The fourth-order valence-corrected chi connectivity index (χ4v) is 2.10. The standard InChI is InChI=1S/C17H19N3O3/c1-12-8-9-18-15(10-12)20-17(22)19-14(16(21)23-2)11-13-6-4-3-5-7-13/h3-10,14H,11H2,1-2H3,(H2,18,19,20,22)/t14-/m0/s1. The quantitative estimate of drug-likeness (QED) is 0.830. The van der Waals surface area contributed by atoms with Crippen LogP contribution in [0.5, 0.6) is 0 Å². The van der Waals surface area contributed by atoms with Gasteiger partial charge in [-0.2, -0.15) is 0 Å². The summed E-state index contributed by atoms with van der Waals surface area (Å²) in [6, 6.07) is 11.7. The van der Waals surface area contributed by atoms with E-state index in [9.17, 15) is 9.59 Å². The van der Waals surface area contributed by atoms with Crippen LogP contribution < -0.4 is 10.6 Å². The smallest absolute Gasteiger partial charge is 0.328 e. The molecular formula is C17H19N3O3. The number of hydrogen-bond donors (Lipinski definition) is 2. The summed E-state index contributed by atoms with van der Waals surface area (Å²) in [6.45, 7) is 1.90. The van der Waals surface area contributed by atoms with Crippen LogP contribution in [-0.2, 0) is 16.0 Å². The molecule has 0 saturated heterocycles. The van der Waals surface area contributed by atoms with Crippen LogP contribution in [0.3, 0.4) is 0 Å². The lowest BCUT2D eigenvalue weighted by Crippen LogP contribution is -2.45. The van der Waals surface area contributed by atoms with E-state index in [1.807, 2.05) is 43.3 Å². The van der Waals surface area contributed by atoms with Crippen LogP contribution in [0.2, 0.25) is 0 Å². The second kappa shape index (κ2) is 7.93. The van der Waals surface area contributed by atoms with Crippen molar-refractivity contribution in [1.29, 1.82) is 0 Å². The number of benzene rings is 1. The molecule has 6 heteroatoms. The van der Waals surface area contributed by atoms with Gasteiger partial charge in [-0.25, -0.2) is 14.6 Å². The number of carbonyl (C=O) groups excluding carboxylic acids is 2. The molecule has 23 heavy (non-hydrogen) atoms. The summed E-state index contributed by atoms with van der Waals surface area (Å²) < 4.78 is 4.76. The number of ether oxygens (including phenoxy) is 1. The summed E-state index contributed by atoms with van der Waals surface area (Å²) in [5.74, 6) is -0.0768. The number of pyridine rings is 1. The molecule has 2 aromatic rings. The number of aryl methyl sites for hydroxylation is 1. The summed E-state index contributed by atoms with van der Waals surface area (Å²) in [5, 5.41) is 5.23. The summed E-state index contributed by atoms with van der Waals surface area (Å²) in [4.78, 5) is 28.0. The summed E-state index contributed by atoms with van der Waals surface area (Å²) in [6.07, 6.45) is 1.95. The monoisotopic (exact) mass is 313 g/mol. The Labute approximate surface area is 134 Å². The molecule has 6 nitrogen and oxygen atoms in total. The highest BCUT2D eigenvalue weighted by Crippen LogP contribution is 2.07.